The van der Waals surface area contributed by atoms with Gasteiger partial charge >= 0.3 is 0 Å². The first-order valence-corrected chi connectivity index (χ1v) is 9.98. The molecule has 6 nitrogen and oxygen atoms in total. The first kappa shape index (κ1) is 18.0. The molecule has 0 spiro atoms. The van der Waals surface area contributed by atoms with Crippen LogP contribution in [0.2, 0.25) is 0 Å². The predicted molar refractivity (Wildman–Crippen MR) is 104 cm³/mol. The quantitative estimate of drug-likeness (QED) is 0.901. The first-order valence-electron chi connectivity index (χ1n) is 9.98. The van der Waals surface area contributed by atoms with Gasteiger partial charge in [-0.2, -0.15) is 0 Å². The molecule has 2 aromatic rings. The van der Waals surface area contributed by atoms with Crippen molar-refractivity contribution in [2.45, 2.75) is 44.2 Å². The van der Waals surface area contributed by atoms with E-state index in [1.54, 1.807) is 6.20 Å². The lowest BCUT2D eigenvalue weighted by Crippen LogP contribution is -2.49. The Morgan fingerprint density at radius 2 is 2.11 bits per heavy atom. The van der Waals surface area contributed by atoms with Crippen molar-refractivity contribution in [1.82, 2.24) is 19.8 Å². The van der Waals surface area contributed by atoms with E-state index in [1.807, 2.05) is 47.0 Å². The van der Waals surface area contributed by atoms with Gasteiger partial charge in [0, 0.05) is 44.6 Å². The van der Waals surface area contributed by atoms with E-state index in [4.69, 9.17) is 4.74 Å². The molecular formula is C21H28N4O2. The summed E-state index contributed by atoms with van der Waals surface area (Å²) in [7, 11) is 1.97. The second-order valence-electron chi connectivity index (χ2n) is 7.52. The van der Waals surface area contributed by atoms with Crippen LogP contribution in [-0.2, 0) is 7.05 Å². The molecule has 27 heavy (non-hydrogen) atoms. The van der Waals surface area contributed by atoms with Crippen molar-refractivity contribution < 1.29 is 9.53 Å². The first-order chi connectivity index (χ1) is 13.2. The lowest BCUT2D eigenvalue weighted by Gasteiger charge is -2.36. The Bertz CT molecular complexity index is 782. The summed E-state index contributed by atoms with van der Waals surface area (Å²) in [5.74, 6) is 1.75. The Morgan fingerprint density at radius 3 is 2.89 bits per heavy atom. The van der Waals surface area contributed by atoms with Crippen LogP contribution in [0.1, 0.15) is 54.3 Å². The molecular weight excluding hydrogens is 340 g/mol. The van der Waals surface area contributed by atoms with Crippen molar-refractivity contribution in [3.63, 3.8) is 0 Å². The van der Waals surface area contributed by atoms with Crippen molar-refractivity contribution in [2.75, 3.05) is 19.6 Å². The van der Waals surface area contributed by atoms with Gasteiger partial charge in [-0.1, -0.05) is 12.5 Å². The van der Waals surface area contributed by atoms with Gasteiger partial charge in [0.05, 0.1) is 6.10 Å². The monoisotopic (exact) mass is 368 g/mol. The largest absolute Gasteiger partial charge is 0.490 e. The minimum atomic E-state index is -0.0610. The summed E-state index contributed by atoms with van der Waals surface area (Å²) in [6.45, 7) is 2.18. The average Bonchev–Trinajstić information content (AvgIpc) is 3.14. The van der Waals surface area contributed by atoms with Gasteiger partial charge < -0.3 is 19.5 Å². The van der Waals surface area contributed by atoms with Gasteiger partial charge in [-0.15, -0.1) is 0 Å². The number of hydrogen-bond donors (Lipinski definition) is 1. The fraction of sp³-hybridized carbons (Fsp3) is 0.524. The average molecular weight is 368 g/mol. The van der Waals surface area contributed by atoms with E-state index >= 15 is 0 Å². The molecule has 1 aromatic carbocycles. The normalized spacial score (nSPS) is 21.2. The number of ether oxygens (including phenoxy) is 1. The predicted octanol–water partition coefficient (Wildman–Crippen LogP) is 2.92. The molecule has 1 unspecified atom stereocenters. The fourth-order valence-electron chi connectivity index (χ4n) is 4.12. The van der Waals surface area contributed by atoms with Crippen molar-refractivity contribution in [2.24, 2.45) is 7.05 Å². The van der Waals surface area contributed by atoms with Crippen molar-refractivity contribution in [3.8, 4) is 5.75 Å². The molecule has 6 heteroatoms. The van der Waals surface area contributed by atoms with Crippen LogP contribution in [0.5, 0.6) is 5.75 Å². The van der Waals surface area contributed by atoms with E-state index in [9.17, 15) is 4.79 Å². The van der Waals surface area contributed by atoms with E-state index in [2.05, 4.69) is 10.3 Å². The third kappa shape index (κ3) is 4.00. The summed E-state index contributed by atoms with van der Waals surface area (Å²) < 4.78 is 8.14. The standard InChI is InChI=1S/C21H28N4O2/c1-24-12-11-23-20(24)19-15-22-10-13-25(19)21(26)16-6-5-9-18(14-16)27-17-7-3-2-4-8-17/h5-6,9,11-12,14,17,19,22H,2-4,7-8,10,13,15H2,1H3. The molecule has 144 valence electrons. The van der Waals surface area contributed by atoms with E-state index in [0.717, 1.165) is 37.5 Å². The van der Waals surface area contributed by atoms with Gasteiger partial charge in [0.1, 0.15) is 17.6 Å². The molecule has 1 saturated heterocycles. The maximum Gasteiger partial charge on any atom is 0.254 e. The van der Waals surface area contributed by atoms with E-state index in [1.165, 1.54) is 19.3 Å². The van der Waals surface area contributed by atoms with E-state index in [0.29, 0.717) is 12.1 Å². The van der Waals surface area contributed by atoms with Crippen molar-refractivity contribution in [3.05, 3.63) is 48.0 Å². The van der Waals surface area contributed by atoms with Crippen LogP contribution in [0.3, 0.4) is 0 Å². The van der Waals surface area contributed by atoms with Gasteiger partial charge in [-0.05, 0) is 43.9 Å². The number of aryl methyl sites for hydroxylation is 1. The van der Waals surface area contributed by atoms with Gasteiger partial charge in [-0.3, -0.25) is 4.79 Å². The summed E-state index contributed by atoms with van der Waals surface area (Å²) in [6, 6.07) is 7.60. The Hall–Kier alpha value is -2.34. The number of carbonyl (C=O) groups is 1. The van der Waals surface area contributed by atoms with Gasteiger partial charge in [0.15, 0.2) is 0 Å². The van der Waals surface area contributed by atoms with Crippen LogP contribution >= 0.6 is 0 Å². The Morgan fingerprint density at radius 1 is 1.26 bits per heavy atom. The van der Waals surface area contributed by atoms with E-state index < -0.39 is 0 Å². The Kier molecular flexibility index (Phi) is 5.43. The number of carbonyl (C=O) groups excluding carboxylic acids is 1. The third-order valence-corrected chi connectivity index (χ3v) is 5.60. The van der Waals surface area contributed by atoms with Gasteiger partial charge in [0.2, 0.25) is 0 Å². The maximum absolute atomic E-state index is 13.3. The summed E-state index contributed by atoms with van der Waals surface area (Å²) in [4.78, 5) is 19.7. The topological polar surface area (TPSA) is 59.4 Å². The highest BCUT2D eigenvalue weighted by Gasteiger charge is 2.31. The van der Waals surface area contributed by atoms with Gasteiger partial charge in [0.25, 0.3) is 5.91 Å². The number of imidazole rings is 1. The molecule has 2 aliphatic rings. The highest BCUT2D eigenvalue weighted by molar-refractivity contribution is 5.95. The number of nitrogens with one attached hydrogen (secondary N) is 1. The van der Waals surface area contributed by atoms with Crippen LogP contribution in [-0.4, -0.2) is 46.1 Å². The van der Waals surface area contributed by atoms with Crippen molar-refractivity contribution >= 4 is 5.91 Å². The highest BCUT2D eigenvalue weighted by atomic mass is 16.5. The van der Waals surface area contributed by atoms with Crippen LogP contribution in [0.15, 0.2) is 36.7 Å². The van der Waals surface area contributed by atoms with Crippen LogP contribution in [0, 0.1) is 0 Å². The molecule has 0 bridgehead atoms. The van der Waals surface area contributed by atoms with Crippen molar-refractivity contribution in [1.29, 1.82) is 0 Å². The molecule has 2 heterocycles. The second kappa shape index (κ2) is 8.13. The molecule has 1 aromatic heterocycles. The number of hydrogen-bond acceptors (Lipinski definition) is 4. The molecule has 1 aliphatic carbocycles. The Labute approximate surface area is 160 Å². The highest BCUT2D eigenvalue weighted by Crippen LogP contribution is 2.26. The van der Waals surface area contributed by atoms with Crippen LogP contribution in [0.4, 0.5) is 0 Å². The lowest BCUT2D eigenvalue weighted by molar-refractivity contribution is 0.0620. The minimum absolute atomic E-state index is 0.0404. The minimum Gasteiger partial charge on any atom is -0.490 e. The van der Waals surface area contributed by atoms with Gasteiger partial charge in [-0.25, -0.2) is 4.98 Å². The number of piperazine rings is 1. The SMILES string of the molecule is Cn1ccnc1C1CNCCN1C(=O)c1cccc(OC2CCCCC2)c1. The molecule has 0 radical (unpaired) electrons. The summed E-state index contributed by atoms with van der Waals surface area (Å²) in [6.07, 6.45) is 9.97. The summed E-state index contributed by atoms with van der Waals surface area (Å²) >= 11 is 0. The molecule has 1 aliphatic heterocycles. The number of rotatable bonds is 4. The molecule has 4 rings (SSSR count). The number of amides is 1. The maximum atomic E-state index is 13.3. The molecule has 1 amide bonds. The number of nitrogens with zero attached hydrogens (tertiary/aromatic N) is 3. The molecule has 1 N–H and O–H groups in total. The van der Waals surface area contributed by atoms with E-state index in [-0.39, 0.29) is 18.1 Å². The zero-order valence-corrected chi connectivity index (χ0v) is 15.9. The zero-order chi connectivity index (χ0) is 18.6. The summed E-state index contributed by atoms with van der Waals surface area (Å²) in [5, 5.41) is 3.38. The number of aromatic nitrogens is 2. The molecule has 2 fully saturated rings. The molecule has 1 atom stereocenters. The smallest absolute Gasteiger partial charge is 0.254 e. The second-order valence-corrected chi connectivity index (χ2v) is 7.52. The lowest BCUT2D eigenvalue weighted by atomic mass is 9.98. The fourth-order valence-corrected chi connectivity index (χ4v) is 4.12. The molecule has 1 saturated carbocycles. The van der Waals surface area contributed by atoms with Crippen LogP contribution < -0.4 is 10.1 Å². The Balaban J connectivity index is 1.52. The summed E-state index contributed by atoms with van der Waals surface area (Å²) in [5.41, 5.74) is 0.685. The van der Waals surface area contributed by atoms with Crippen LogP contribution in [0.25, 0.3) is 0 Å². The number of benzene rings is 1. The zero-order valence-electron chi connectivity index (χ0n) is 15.9. The third-order valence-electron chi connectivity index (χ3n) is 5.60.